The van der Waals surface area contributed by atoms with Gasteiger partial charge < -0.3 is 10.4 Å². The number of carboxylic acid groups (broad SMARTS) is 1. The first kappa shape index (κ1) is 14.6. The first-order valence-electron chi connectivity index (χ1n) is 6.36. The van der Waals surface area contributed by atoms with Gasteiger partial charge in [-0.2, -0.15) is 0 Å². The molecule has 0 saturated heterocycles. The van der Waals surface area contributed by atoms with Gasteiger partial charge in [-0.15, -0.1) is 0 Å². The number of aromatic carboxylic acids is 1. The van der Waals surface area contributed by atoms with Gasteiger partial charge in [-0.3, -0.25) is 10.1 Å². The van der Waals surface area contributed by atoms with E-state index in [4.69, 9.17) is 11.6 Å². The van der Waals surface area contributed by atoms with Crippen LogP contribution in [0.15, 0.2) is 12.1 Å². The fourth-order valence-electron chi connectivity index (χ4n) is 2.56. The smallest absolute Gasteiger partial charge is 0.338 e. The van der Waals surface area contributed by atoms with Gasteiger partial charge >= 0.3 is 5.97 Å². The van der Waals surface area contributed by atoms with E-state index in [2.05, 4.69) is 12.2 Å². The second kappa shape index (κ2) is 5.66. The summed E-state index contributed by atoms with van der Waals surface area (Å²) in [4.78, 5) is 21.4. The molecule has 0 aliphatic heterocycles. The SMILES string of the molecule is CC1CCC(Nc2c(Cl)cc([N+](=O)[O-])cc2C(=O)O)C1. The van der Waals surface area contributed by atoms with Gasteiger partial charge in [0, 0.05) is 18.2 Å². The molecule has 6 nitrogen and oxygen atoms in total. The topological polar surface area (TPSA) is 92.5 Å². The molecule has 1 fully saturated rings. The van der Waals surface area contributed by atoms with Crippen molar-refractivity contribution < 1.29 is 14.8 Å². The lowest BCUT2D eigenvalue weighted by Gasteiger charge is -2.17. The zero-order chi connectivity index (χ0) is 14.9. The minimum atomic E-state index is -1.23. The molecule has 0 heterocycles. The van der Waals surface area contributed by atoms with E-state index in [-0.39, 0.29) is 28.0 Å². The fourth-order valence-corrected chi connectivity index (χ4v) is 2.82. The normalized spacial score (nSPS) is 21.7. The number of hydrogen-bond acceptors (Lipinski definition) is 4. The third-order valence-electron chi connectivity index (χ3n) is 3.56. The molecule has 1 aromatic rings. The highest BCUT2D eigenvalue weighted by Gasteiger charge is 2.25. The quantitative estimate of drug-likeness (QED) is 0.655. The molecule has 108 valence electrons. The number of benzene rings is 1. The molecule has 2 atom stereocenters. The molecule has 0 bridgehead atoms. The van der Waals surface area contributed by atoms with E-state index in [1.54, 1.807) is 0 Å². The standard InChI is InChI=1S/C13H15ClN2O4/c1-7-2-3-8(4-7)15-12-10(13(17)18)5-9(16(19)20)6-11(12)14/h5-8,15H,2-4H2,1H3,(H,17,18). The predicted molar refractivity (Wildman–Crippen MR) is 75.5 cm³/mol. The van der Waals surface area contributed by atoms with Crippen LogP contribution in [0.1, 0.15) is 36.5 Å². The second-order valence-electron chi connectivity index (χ2n) is 5.17. The Morgan fingerprint density at radius 1 is 1.50 bits per heavy atom. The highest BCUT2D eigenvalue weighted by Crippen LogP contribution is 2.35. The predicted octanol–water partition coefficient (Wildman–Crippen LogP) is 3.55. The number of carboxylic acids is 1. The molecule has 0 spiro atoms. The summed E-state index contributed by atoms with van der Waals surface area (Å²) in [7, 11) is 0. The van der Waals surface area contributed by atoms with E-state index in [1.807, 2.05) is 0 Å². The summed E-state index contributed by atoms with van der Waals surface area (Å²) >= 11 is 6.01. The first-order chi connectivity index (χ1) is 9.38. The number of hydrogen-bond donors (Lipinski definition) is 2. The molecule has 1 aliphatic carbocycles. The number of carbonyl (C=O) groups is 1. The van der Waals surface area contributed by atoms with Gasteiger partial charge in [-0.25, -0.2) is 4.79 Å². The summed E-state index contributed by atoms with van der Waals surface area (Å²) < 4.78 is 0. The zero-order valence-electron chi connectivity index (χ0n) is 10.9. The van der Waals surface area contributed by atoms with Gasteiger partial charge in [0.25, 0.3) is 5.69 Å². The van der Waals surface area contributed by atoms with Gasteiger partial charge in [0.05, 0.1) is 21.2 Å². The zero-order valence-corrected chi connectivity index (χ0v) is 11.7. The summed E-state index contributed by atoms with van der Waals surface area (Å²) in [5, 5.41) is 23.1. The van der Waals surface area contributed by atoms with Gasteiger partial charge in [0.2, 0.25) is 0 Å². The van der Waals surface area contributed by atoms with Crippen LogP contribution in [0.4, 0.5) is 11.4 Å². The highest BCUT2D eigenvalue weighted by molar-refractivity contribution is 6.34. The second-order valence-corrected chi connectivity index (χ2v) is 5.58. The Bertz CT molecular complexity index is 562. The van der Waals surface area contributed by atoms with E-state index in [1.165, 1.54) is 6.07 Å². The molecule has 2 unspecified atom stereocenters. The number of halogens is 1. The summed E-state index contributed by atoms with van der Waals surface area (Å²) in [6, 6.07) is 2.37. The van der Waals surface area contributed by atoms with Crippen LogP contribution in [0.2, 0.25) is 5.02 Å². The first-order valence-corrected chi connectivity index (χ1v) is 6.74. The van der Waals surface area contributed by atoms with Gasteiger partial charge in [-0.05, 0) is 25.2 Å². The van der Waals surface area contributed by atoms with Crippen LogP contribution >= 0.6 is 11.6 Å². The van der Waals surface area contributed by atoms with Crippen molar-refractivity contribution in [1.29, 1.82) is 0 Å². The average Bonchev–Trinajstić information content (AvgIpc) is 2.76. The van der Waals surface area contributed by atoms with Crippen molar-refractivity contribution >= 4 is 28.9 Å². The molecule has 0 aromatic heterocycles. The number of rotatable bonds is 4. The Balaban J connectivity index is 2.35. The third kappa shape index (κ3) is 3.01. The molecule has 1 aliphatic rings. The summed E-state index contributed by atoms with van der Waals surface area (Å²) in [5.41, 5.74) is -0.217. The van der Waals surface area contributed by atoms with Crippen molar-refractivity contribution in [1.82, 2.24) is 0 Å². The number of anilines is 1. The molecule has 7 heteroatoms. The van der Waals surface area contributed by atoms with Crippen molar-refractivity contribution in [3.05, 3.63) is 32.8 Å². The van der Waals surface area contributed by atoms with E-state index < -0.39 is 10.9 Å². The maximum atomic E-state index is 11.3. The number of nitro groups is 1. The van der Waals surface area contributed by atoms with Gasteiger partial charge in [-0.1, -0.05) is 18.5 Å². The van der Waals surface area contributed by atoms with Crippen molar-refractivity contribution in [3.63, 3.8) is 0 Å². The average molecular weight is 299 g/mol. The highest BCUT2D eigenvalue weighted by atomic mass is 35.5. The Labute approximate surface area is 120 Å². The molecule has 2 rings (SSSR count). The van der Waals surface area contributed by atoms with Crippen LogP contribution in [0, 0.1) is 16.0 Å². The van der Waals surface area contributed by atoms with Crippen molar-refractivity contribution in [2.24, 2.45) is 5.92 Å². The maximum absolute atomic E-state index is 11.3. The van der Waals surface area contributed by atoms with Crippen molar-refractivity contribution in [2.75, 3.05) is 5.32 Å². The number of nitrogens with zero attached hydrogens (tertiary/aromatic N) is 1. The molecule has 0 radical (unpaired) electrons. The van der Waals surface area contributed by atoms with Crippen LogP contribution in [0.5, 0.6) is 0 Å². The van der Waals surface area contributed by atoms with Crippen LogP contribution in [-0.2, 0) is 0 Å². The Kier molecular flexibility index (Phi) is 4.13. The molecular weight excluding hydrogens is 284 g/mol. The minimum absolute atomic E-state index is 0.0659. The van der Waals surface area contributed by atoms with E-state index in [0.717, 1.165) is 25.3 Å². The molecule has 0 amide bonds. The Morgan fingerprint density at radius 2 is 2.20 bits per heavy atom. The van der Waals surface area contributed by atoms with Crippen LogP contribution in [0.3, 0.4) is 0 Å². The summed E-state index contributed by atoms with van der Waals surface area (Å²) in [5.74, 6) is -0.651. The number of nitro benzene ring substituents is 1. The summed E-state index contributed by atoms with van der Waals surface area (Å²) in [6.45, 7) is 2.14. The molecular formula is C13H15ClN2O4. The lowest BCUT2D eigenvalue weighted by molar-refractivity contribution is -0.384. The molecule has 20 heavy (non-hydrogen) atoms. The van der Waals surface area contributed by atoms with E-state index in [0.29, 0.717) is 5.92 Å². The monoisotopic (exact) mass is 298 g/mol. The lowest BCUT2D eigenvalue weighted by atomic mass is 10.1. The van der Waals surface area contributed by atoms with E-state index in [9.17, 15) is 20.0 Å². The Morgan fingerprint density at radius 3 is 2.70 bits per heavy atom. The minimum Gasteiger partial charge on any atom is -0.478 e. The molecule has 2 N–H and O–H groups in total. The largest absolute Gasteiger partial charge is 0.478 e. The van der Waals surface area contributed by atoms with E-state index >= 15 is 0 Å². The maximum Gasteiger partial charge on any atom is 0.338 e. The van der Waals surface area contributed by atoms with Gasteiger partial charge in [0.1, 0.15) is 0 Å². The van der Waals surface area contributed by atoms with Crippen LogP contribution in [0.25, 0.3) is 0 Å². The summed E-state index contributed by atoms with van der Waals surface area (Å²) in [6.07, 6.45) is 2.95. The number of nitrogens with one attached hydrogen (secondary N) is 1. The third-order valence-corrected chi connectivity index (χ3v) is 3.86. The Hall–Kier alpha value is -1.82. The lowest BCUT2D eigenvalue weighted by Crippen LogP contribution is -2.18. The van der Waals surface area contributed by atoms with Crippen molar-refractivity contribution in [3.8, 4) is 0 Å². The van der Waals surface area contributed by atoms with Gasteiger partial charge in [0.15, 0.2) is 0 Å². The fraction of sp³-hybridized carbons (Fsp3) is 0.462. The van der Waals surface area contributed by atoms with Crippen molar-refractivity contribution in [2.45, 2.75) is 32.2 Å². The number of non-ortho nitro benzene ring substituents is 1. The molecule has 1 aromatic carbocycles. The van der Waals surface area contributed by atoms with Crippen LogP contribution in [-0.4, -0.2) is 22.0 Å². The molecule has 1 saturated carbocycles. The van der Waals surface area contributed by atoms with Crippen LogP contribution < -0.4 is 5.32 Å².